The van der Waals surface area contributed by atoms with Gasteiger partial charge < -0.3 is 10.0 Å². The summed E-state index contributed by atoms with van der Waals surface area (Å²) < 4.78 is 38.9. The molecule has 1 fully saturated rings. The molecule has 1 saturated heterocycles. The Bertz CT molecular complexity index is 644. The van der Waals surface area contributed by atoms with Crippen LogP contribution in [0.2, 0.25) is 0 Å². The van der Waals surface area contributed by atoms with Crippen LogP contribution in [0.5, 0.6) is 0 Å². The molecule has 0 saturated carbocycles. The van der Waals surface area contributed by atoms with E-state index in [2.05, 4.69) is 4.90 Å². The Hall–Kier alpha value is -1.03. The molecule has 4 nitrogen and oxygen atoms in total. The van der Waals surface area contributed by atoms with Crippen molar-refractivity contribution in [3.05, 3.63) is 32.9 Å². The van der Waals surface area contributed by atoms with Crippen LogP contribution in [0.1, 0.15) is 31.9 Å². The molecule has 2 rings (SSSR count). The van der Waals surface area contributed by atoms with Crippen LogP contribution in [0.15, 0.2) is 18.2 Å². The third kappa shape index (κ3) is 4.99. The zero-order valence-electron chi connectivity index (χ0n) is 14.4. The predicted molar refractivity (Wildman–Crippen MR) is 97.4 cm³/mol. The van der Waals surface area contributed by atoms with Crippen LogP contribution in [0.4, 0.5) is 18.0 Å². The first kappa shape index (κ1) is 20.3. The third-order valence-corrected chi connectivity index (χ3v) is 5.49. The summed E-state index contributed by atoms with van der Waals surface area (Å²) in [4.78, 5) is 15.0. The summed E-state index contributed by atoms with van der Waals surface area (Å²) in [5.41, 5.74) is -0.0429. The first-order chi connectivity index (χ1) is 11.4. The molecule has 1 aromatic rings. The molecule has 1 amide bonds. The first-order valence-corrected chi connectivity index (χ1v) is 9.05. The Kier molecular flexibility index (Phi) is 5.92. The number of benzene rings is 1. The van der Waals surface area contributed by atoms with Crippen molar-refractivity contribution in [1.82, 2.24) is 9.80 Å². The Balaban J connectivity index is 2.15. The molecule has 8 heteroatoms. The number of piperazine rings is 1. The minimum atomic E-state index is -4.34. The van der Waals surface area contributed by atoms with Gasteiger partial charge in [0.1, 0.15) is 0 Å². The van der Waals surface area contributed by atoms with Gasteiger partial charge in [0.05, 0.1) is 11.6 Å². The van der Waals surface area contributed by atoms with Crippen LogP contribution in [0, 0.1) is 8.99 Å². The van der Waals surface area contributed by atoms with Gasteiger partial charge in [-0.3, -0.25) is 4.90 Å². The highest BCUT2D eigenvalue weighted by molar-refractivity contribution is 14.1. The first-order valence-electron chi connectivity index (χ1n) is 7.97. The van der Waals surface area contributed by atoms with Crippen molar-refractivity contribution < 1.29 is 23.1 Å². The summed E-state index contributed by atoms with van der Waals surface area (Å²) in [7, 11) is 0. The molecule has 1 heterocycles. The van der Waals surface area contributed by atoms with E-state index in [-0.39, 0.29) is 11.5 Å². The lowest BCUT2D eigenvalue weighted by Crippen LogP contribution is -2.59. The number of nitrogens with zero attached hydrogens (tertiary/aromatic N) is 2. The van der Waals surface area contributed by atoms with Gasteiger partial charge in [-0.1, -0.05) is 26.8 Å². The molecule has 0 aliphatic carbocycles. The van der Waals surface area contributed by atoms with Crippen LogP contribution in [0.3, 0.4) is 0 Å². The van der Waals surface area contributed by atoms with Crippen LogP contribution in [-0.2, 0) is 12.7 Å². The Labute approximate surface area is 159 Å². The average Bonchev–Trinajstić information content (AvgIpc) is 2.47. The standard InChI is InChI=1S/C17H22F3IN2O2/c1-16(2,3)14-10-22(6-7-23(14)15(24)25)9-11-4-5-12(8-13(11)21)17(18,19)20/h4-5,8,14H,6-7,9-10H2,1-3H3,(H,24,25). The number of hydrogen-bond donors (Lipinski definition) is 1. The van der Waals surface area contributed by atoms with Crippen LogP contribution >= 0.6 is 22.6 Å². The lowest BCUT2D eigenvalue weighted by molar-refractivity contribution is -0.137. The predicted octanol–water partition coefficient (Wildman–Crippen LogP) is 4.52. The molecule has 1 N–H and O–H groups in total. The Morgan fingerprint density at radius 2 is 1.92 bits per heavy atom. The molecule has 0 aromatic heterocycles. The number of carboxylic acid groups (broad SMARTS) is 1. The van der Waals surface area contributed by atoms with Gasteiger partial charge in [0.25, 0.3) is 0 Å². The van der Waals surface area contributed by atoms with Gasteiger partial charge in [-0.05, 0) is 45.7 Å². The average molecular weight is 470 g/mol. The van der Waals surface area contributed by atoms with E-state index in [1.165, 1.54) is 11.0 Å². The van der Waals surface area contributed by atoms with Gasteiger partial charge in [-0.15, -0.1) is 0 Å². The normalized spacial score (nSPS) is 20.0. The van der Waals surface area contributed by atoms with Gasteiger partial charge in [0, 0.05) is 29.7 Å². The van der Waals surface area contributed by atoms with E-state index in [1.807, 2.05) is 43.4 Å². The summed E-state index contributed by atoms with van der Waals surface area (Å²) in [6, 6.07) is 3.61. The Morgan fingerprint density at radius 1 is 1.28 bits per heavy atom. The van der Waals surface area contributed by atoms with E-state index < -0.39 is 17.8 Å². The number of halogens is 4. The van der Waals surface area contributed by atoms with Crippen LogP contribution < -0.4 is 0 Å². The molecular weight excluding hydrogens is 448 g/mol. The summed E-state index contributed by atoms with van der Waals surface area (Å²) >= 11 is 1.93. The van der Waals surface area contributed by atoms with Gasteiger partial charge in [-0.25, -0.2) is 4.79 Å². The van der Waals surface area contributed by atoms with E-state index in [0.717, 1.165) is 17.7 Å². The molecule has 25 heavy (non-hydrogen) atoms. The van der Waals surface area contributed by atoms with Crippen molar-refractivity contribution in [3.63, 3.8) is 0 Å². The topological polar surface area (TPSA) is 43.8 Å². The smallest absolute Gasteiger partial charge is 0.416 e. The van der Waals surface area contributed by atoms with Crippen molar-refractivity contribution in [2.24, 2.45) is 5.41 Å². The van der Waals surface area contributed by atoms with Gasteiger partial charge in [0.2, 0.25) is 0 Å². The minimum Gasteiger partial charge on any atom is -0.465 e. The number of hydrogen-bond acceptors (Lipinski definition) is 2. The van der Waals surface area contributed by atoms with E-state index in [4.69, 9.17) is 0 Å². The van der Waals surface area contributed by atoms with Gasteiger partial charge >= 0.3 is 12.3 Å². The number of rotatable bonds is 2. The number of alkyl halides is 3. The monoisotopic (exact) mass is 470 g/mol. The van der Waals surface area contributed by atoms with E-state index in [0.29, 0.717) is 29.7 Å². The van der Waals surface area contributed by atoms with Crippen molar-refractivity contribution in [2.45, 2.75) is 39.5 Å². The second kappa shape index (κ2) is 7.30. The highest BCUT2D eigenvalue weighted by atomic mass is 127. The zero-order valence-corrected chi connectivity index (χ0v) is 16.6. The van der Waals surface area contributed by atoms with Crippen molar-refractivity contribution in [1.29, 1.82) is 0 Å². The van der Waals surface area contributed by atoms with Gasteiger partial charge in [0.15, 0.2) is 0 Å². The SMILES string of the molecule is CC(C)(C)C1CN(Cc2ccc(C(F)(F)F)cc2I)CCN1C(=O)O. The molecule has 0 bridgehead atoms. The molecule has 0 spiro atoms. The highest BCUT2D eigenvalue weighted by Gasteiger charge is 2.38. The third-order valence-electron chi connectivity index (χ3n) is 4.48. The van der Waals surface area contributed by atoms with E-state index in [9.17, 15) is 23.1 Å². The van der Waals surface area contributed by atoms with Crippen molar-refractivity contribution in [3.8, 4) is 0 Å². The second-order valence-electron chi connectivity index (χ2n) is 7.40. The fourth-order valence-electron chi connectivity index (χ4n) is 3.05. The zero-order chi connectivity index (χ0) is 19.0. The van der Waals surface area contributed by atoms with E-state index >= 15 is 0 Å². The number of carbonyl (C=O) groups is 1. The quantitative estimate of drug-likeness (QED) is 0.647. The molecule has 140 valence electrons. The summed E-state index contributed by atoms with van der Waals surface area (Å²) in [5.74, 6) is 0. The van der Waals surface area contributed by atoms with E-state index in [1.54, 1.807) is 0 Å². The molecule has 0 radical (unpaired) electrons. The molecule has 1 unspecified atom stereocenters. The molecular formula is C17H22F3IN2O2. The largest absolute Gasteiger partial charge is 0.465 e. The summed E-state index contributed by atoms with van der Waals surface area (Å²) in [6.45, 7) is 8.03. The van der Waals surface area contributed by atoms with Crippen LogP contribution in [0.25, 0.3) is 0 Å². The summed E-state index contributed by atoms with van der Waals surface area (Å²) in [5, 5.41) is 9.40. The van der Waals surface area contributed by atoms with Crippen LogP contribution in [-0.4, -0.2) is 46.7 Å². The molecule has 1 aliphatic rings. The van der Waals surface area contributed by atoms with Gasteiger partial charge in [-0.2, -0.15) is 13.2 Å². The second-order valence-corrected chi connectivity index (χ2v) is 8.56. The van der Waals surface area contributed by atoms with Crippen molar-refractivity contribution in [2.75, 3.05) is 19.6 Å². The molecule has 1 aliphatic heterocycles. The summed E-state index contributed by atoms with van der Waals surface area (Å²) in [6.07, 6.45) is -5.27. The lowest BCUT2D eigenvalue weighted by atomic mass is 9.84. The maximum Gasteiger partial charge on any atom is 0.416 e. The maximum atomic E-state index is 12.8. The van der Waals surface area contributed by atoms with Crippen molar-refractivity contribution >= 4 is 28.7 Å². The lowest BCUT2D eigenvalue weighted by Gasteiger charge is -2.46. The molecule has 1 aromatic carbocycles. The Morgan fingerprint density at radius 3 is 2.40 bits per heavy atom. The number of amides is 1. The maximum absolute atomic E-state index is 12.8. The fraction of sp³-hybridized carbons (Fsp3) is 0.588. The molecule has 1 atom stereocenters. The highest BCUT2D eigenvalue weighted by Crippen LogP contribution is 2.32. The minimum absolute atomic E-state index is 0.161. The fourth-order valence-corrected chi connectivity index (χ4v) is 3.73.